The Balaban J connectivity index is 1.70. The van der Waals surface area contributed by atoms with Crippen LogP contribution in [0.15, 0.2) is 30.3 Å². The van der Waals surface area contributed by atoms with E-state index < -0.39 is 0 Å². The first-order chi connectivity index (χ1) is 10.2. The highest BCUT2D eigenvalue weighted by Gasteiger charge is 2.48. The molecule has 116 valence electrons. The largest absolute Gasteiger partial charge is 0.385 e. The Hall–Kier alpha value is -0.900. The van der Waals surface area contributed by atoms with Crippen LogP contribution in [-0.4, -0.2) is 43.8 Å². The smallest absolute Gasteiger partial charge is 0.0474 e. The van der Waals surface area contributed by atoms with E-state index in [9.17, 15) is 0 Å². The third kappa shape index (κ3) is 3.31. The van der Waals surface area contributed by atoms with Gasteiger partial charge in [0, 0.05) is 44.9 Å². The first-order valence-electron chi connectivity index (χ1n) is 8.26. The molecular formula is C18H28N2O. The van der Waals surface area contributed by atoms with Crippen molar-refractivity contribution >= 4 is 0 Å². The van der Waals surface area contributed by atoms with Gasteiger partial charge in [0.25, 0.3) is 0 Å². The number of nitrogens with one attached hydrogen (secondary N) is 1. The van der Waals surface area contributed by atoms with Gasteiger partial charge in [0.05, 0.1) is 0 Å². The summed E-state index contributed by atoms with van der Waals surface area (Å²) in [6, 6.07) is 11.3. The van der Waals surface area contributed by atoms with Gasteiger partial charge in [-0.25, -0.2) is 0 Å². The van der Waals surface area contributed by atoms with Gasteiger partial charge in [0.15, 0.2) is 0 Å². The number of benzene rings is 1. The van der Waals surface area contributed by atoms with Crippen LogP contribution < -0.4 is 5.32 Å². The summed E-state index contributed by atoms with van der Waals surface area (Å²) in [6.07, 6.45) is 3.92. The molecule has 1 aliphatic heterocycles. The maximum Gasteiger partial charge on any atom is 0.0474 e. The van der Waals surface area contributed by atoms with E-state index in [2.05, 4.69) is 47.5 Å². The number of rotatable bonds is 6. The van der Waals surface area contributed by atoms with E-state index in [0.29, 0.717) is 11.6 Å². The SMILES string of the molecule is COCCCN1CC(c2ccccc2)NCC1(C)C1CC1. The van der Waals surface area contributed by atoms with Crippen LogP contribution in [0.5, 0.6) is 0 Å². The van der Waals surface area contributed by atoms with Crippen LogP contribution in [-0.2, 0) is 4.74 Å². The molecule has 0 bridgehead atoms. The van der Waals surface area contributed by atoms with Crippen molar-refractivity contribution in [3.63, 3.8) is 0 Å². The van der Waals surface area contributed by atoms with Crippen molar-refractivity contribution in [2.45, 2.75) is 37.8 Å². The lowest BCUT2D eigenvalue weighted by Crippen LogP contribution is -2.61. The summed E-state index contributed by atoms with van der Waals surface area (Å²) in [5.41, 5.74) is 1.74. The van der Waals surface area contributed by atoms with Crippen molar-refractivity contribution in [3.8, 4) is 0 Å². The van der Waals surface area contributed by atoms with E-state index in [0.717, 1.165) is 38.6 Å². The van der Waals surface area contributed by atoms with Crippen molar-refractivity contribution in [3.05, 3.63) is 35.9 Å². The molecule has 1 N–H and O–H groups in total. The van der Waals surface area contributed by atoms with Gasteiger partial charge in [0.2, 0.25) is 0 Å². The first-order valence-corrected chi connectivity index (χ1v) is 8.26. The normalized spacial score (nSPS) is 30.5. The quantitative estimate of drug-likeness (QED) is 0.815. The van der Waals surface area contributed by atoms with Gasteiger partial charge in [0.1, 0.15) is 0 Å². The number of hydrogen-bond donors (Lipinski definition) is 1. The summed E-state index contributed by atoms with van der Waals surface area (Å²) in [5, 5.41) is 3.79. The molecule has 1 saturated heterocycles. The van der Waals surface area contributed by atoms with Crippen LogP contribution in [0.4, 0.5) is 0 Å². The van der Waals surface area contributed by atoms with E-state index in [1.54, 1.807) is 7.11 Å². The fourth-order valence-electron chi connectivity index (χ4n) is 3.70. The molecule has 2 atom stereocenters. The predicted molar refractivity (Wildman–Crippen MR) is 86.4 cm³/mol. The first kappa shape index (κ1) is 15.0. The third-order valence-electron chi connectivity index (χ3n) is 5.27. The van der Waals surface area contributed by atoms with Gasteiger partial charge < -0.3 is 10.1 Å². The van der Waals surface area contributed by atoms with E-state index >= 15 is 0 Å². The lowest BCUT2D eigenvalue weighted by Gasteiger charge is -2.49. The van der Waals surface area contributed by atoms with Crippen molar-refractivity contribution in [1.29, 1.82) is 0 Å². The van der Waals surface area contributed by atoms with Crippen LogP contribution in [0.25, 0.3) is 0 Å². The molecule has 3 rings (SSSR count). The number of nitrogens with zero attached hydrogens (tertiary/aromatic N) is 1. The zero-order chi connectivity index (χ0) is 14.7. The molecule has 0 aromatic heterocycles. The topological polar surface area (TPSA) is 24.5 Å². The van der Waals surface area contributed by atoms with Gasteiger partial charge in [-0.3, -0.25) is 4.90 Å². The molecular weight excluding hydrogens is 260 g/mol. The highest BCUT2D eigenvalue weighted by atomic mass is 16.5. The van der Waals surface area contributed by atoms with Crippen molar-refractivity contribution in [1.82, 2.24) is 10.2 Å². The molecule has 2 aliphatic rings. The average molecular weight is 288 g/mol. The summed E-state index contributed by atoms with van der Waals surface area (Å²) in [5.74, 6) is 0.879. The van der Waals surface area contributed by atoms with Gasteiger partial charge in [-0.2, -0.15) is 0 Å². The van der Waals surface area contributed by atoms with Gasteiger partial charge in [-0.1, -0.05) is 30.3 Å². The highest BCUT2D eigenvalue weighted by molar-refractivity contribution is 5.21. The Morgan fingerprint density at radius 1 is 1.29 bits per heavy atom. The number of hydrogen-bond acceptors (Lipinski definition) is 3. The van der Waals surface area contributed by atoms with Crippen LogP contribution in [0.1, 0.15) is 37.8 Å². The van der Waals surface area contributed by atoms with Crippen LogP contribution in [0.2, 0.25) is 0 Å². The molecule has 1 aromatic carbocycles. The molecule has 0 spiro atoms. The Morgan fingerprint density at radius 2 is 2.05 bits per heavy atom. The van der Waals surface area contributed by atoms with Crippen molar-refractivity contribution in [2.75, 3.05) is 33.4 Å². The minimum absolute atomic E-state index is 0.332. The Bertz CT molecular complexity index is 446. The zero-order valence-corrected chi connectivity index (χ0v) is 13.3. The fourth-order valence-corrected chi connectivity index (χ4v) is 3.70. The monoisotopic (exact) mass is 288 g/mol. The predicted octanol–water partition coefficient (Wildman–Crippen LogP) is 2.84. The lowest BCUT2D eigenvalue weighted by atomic mass is 9.88. The molecule has 1 aliphatic carbocycles. The summed E-state index contributed by atoms with van der Waals surface area (Å²) >= 11 is 0. The molecule has 21 heavy (non-hydrogen) atoms. The Kier molecular flexibility index (Phi) is 4.63. The Labute approximate surface area is 128 Å². The molecule has 1 aromatic rings. The lowest BCUT2D eigenvalue weighted by molar-refractivity contribution is 0.0276. The van der Waals surface area contributed by atoms with Crippen LogP contribution in [0.3, 0.4) is 0 Å². The van der Waals surface area contributed by atoms with E-state index in [1.165, 1.54) is 18.4 Å². The minimum Gasteiger partial charge on any atom is -0.385 e. The molecule has 3 heteroatoms. The van der Waals surface area contributed by atoms with Gasteiger partial charge in [-0.15, -0.1) is 0 Å². The summed E-state index contributed by atoms with van der Waals surface area (Å²) < 4.78 is 5.25. The maximum atomic E-state index is 5.25. The summed E-state index contributed by atoms with van der Waals surface area (Å²) in [6.45, 7) is 6.67. The molecule has 2 unspecified atom stereocenters. The number of piperazine rings is 1. The molecule has 0 amide bonds. The molecule has 3 nitrogen and oxygen atoms in total. The molecule has 1 saturated carbocycles. The van der Waals surface area contributed by atoms with Crippen LogP contribution in [0, 0.1) is 5.92 Å². The second kappa shape index (κ2) is 6.47. The third-order valence-corrected chi connectivity index (χ3v) is 5.27. The van der Waals surface area contributed by atoms with Crippen LogP contribution >= 0.6 is 0 Å². The number of ether oxygens (including phenoxy) is 1. The molecule has 0 radical (unpaired) electrons. The summed E-state index contributed by atoms with van der Waals surface area (Å²) in [4.78, 5) is 2.72. The van der Waals surface area contributed by atoms with Gasteiger partial charge >= 0.3 is 0 Å². The minimum atomic E-state index is 0.332. The van der Waals surface area contributed by atoms with E-state index in [-0.39, 0.29) is 0 Å². The van der Waals surface area contributed by atoms with Gasteiger partial charge in [-0.05, 0) is 37.7 Å². The maximum absolute atomic E-state index is 5.25. The van der Waals surface area contributed by atoms with E-state index in [1.807, 2.05) is 0 Å². The molecule has 2 fully saturated rings. The number of methoxy groups -OCH3 is 1. The average Bonchev–Trinajstić information content (AvgIpc) is 3.35. The second-order valence-electron chi connectivity index (χ2n) is 6.77. The van der Waals surface area contributed by atoms with Crippen molar-refractivity contribution < 1.29 is 4.74 Å². The summed E-state index contributed by atoms with van der Waals surface area (Å²) in [7, 11) is 1.80. The fraction of sp³-hybridized carbons (Fsp3) is 0.667. The second-order valence-corrected chi connectivity index (χ2v) is 6.77. The molecule has 1 heterocycles. The standard InChI is InChI=1S/C18H28N2O/c1-18(16-9-10-16)14-19-17(15-7-4-3-5-8-15)13-20(18)11-6-12-21-2/h3-5,7-8,16-17,19H,6,9-14H2,1-2H3. The van der Waals surface area contributed by atoms with E-state index in [4.69, 9.17) is 4.74 Å². The van der Waals surface area contributed by atoms with Crippen molar-refractivity contribution in [2.24, 2.45) is 5.92 Å². The highest BCUT2D eigenvalue weighted by Crippen LogP contribution is 2.45. The zero-order valence-electron chi connectivity index (χ0n) is 13.3. The Morgan fingerprint density at radius 3 is 2.71 bits per heavy atom.